The third kappa shape index (κ3) is 3.21. The van der Waals surface area contributed by atoms with Gasteiger partial charge in [-0.05, 0) is 34.5 Å². The molecule has 2 aromatic rings. The average molecular weight is 409 g/mol. The van der Waals surface area contributed by atoms with Gasteiger partial charge in [-0.1, -0.05) is 40.5 Å². The molecular formula is C13H13Br2ClN2O. The quantitative estimate of drug-likeness (QED) is 0.806. The molecule has 0 fully saturated rings. The zero-order valence-electron chi connectivity index (χ0n) is 10.3. The van der Waals surface area contributed by atoms with Gasteiger partial charge in [0, 0.05) is 21.6 Å². The van der Waals surface area contributed by atoms with E-state index in [2.05, 4.69) is 43.9 Å². The smallest absolute Gasteiger partial charge is 0.123 e. The van der Waals surface area contributed by atoms with Crippen LogP contribution >= 0.6 is 43.5 Å². The molecule has 2 rings (SSSR count). The summed E-state index contributed by atoms with van der Waals surface area (Å²) < 4.78 is 3.40. The number of aryl methyl sites for hydroxylation is 1. The summed E-state index contributed by atoms with van der Waals surface area (Å²) in [6.45, 7) is 2.84. The fraction of sp³-hybridized carbons (Fsp3) is 0.308. The Morgan fingerprint density at radius 3 is 2.74 bits per heavy atom. The van der Waals surface area contributed by atoms with Crippen LogP contribution in [0.2, 0.25) is 5.02 Å². The second-order valence-corrected chi connectivity index (χ2v) is 6.31. The third-order valence-electron chi connectivity index (χ3n) is 2.78. The fourth-order valence-corrected chi connectivity index (χ4v) is 3.32. The Balaban J connectivity index is 2.43. The van der Waals surface area contributed by atoms with Crippen molar-refractivity contribution in [3.63, 3.8) is 0 Å². The number of rotatable bonds is 4. The highest BCUT2D eigenvalue weighted by molar-refractivity contribution is 9.10. The molecule has 0 spiro atoms. The number of nitrogens with zero attached hydrogens (tertiary/aromatic N) is 2. The molecule has 19 heavy (non-hydrogen) atoms. The second kappa shape index (κ2) is 6.39. The van der Waals surface area contributed by atoms with Crippen molar-refractivity contribution in [3.8, 4) is 0 Å². The predicted molar refractivity (Wildman–Crippen MR) is 83.4 cm³/mol. The highest BCUT2D eigenvalue weighted by Crippen LogP contribution is 2.33. The summed E-state index contributed by atoms with van der Waals surface area (Å²) in [6, 6.07) is 5.35. The van der Waals surface area contributed by atoms with Crippen LogP contribution < -0.4 is 0 Å². The van der Waals surface area contributed by atoms with Crippen LogP contribution in [0.5, 0.6) is 0 Å². The number of hydrogen-bond acceptors (Lipinski definition) is 2. The molecule has 0 aliphatic heterocycles. The highest BCUT2D eigenvalue weighted by atomic mass is 79.9. The summed E-state index contributed by atoms with van der Waals surface area (Å²) in [5, 5.41) is 15.5. The molecule has 1 atom stereocenters. The molecule has 3 nitrogen and oxygen atoms in total. The van der Waals surface area contributed by atoms with Gasteiger partial charge in [-0.25, -0.2) is 0 Å². The Hall–Kier alpha value is -0.360. The van der Waals surface area contributed by atoms with E-state index in [4.69, 9.17) is 11.6 Å². The van der Waals surface area contributed by atoms with E-state index in [9.17, 15) is 5.11 Å². The Morgan fingerprint density at radius 2 is 2.11 bits per heavy atom. The average Bonchev–Trinajstić information content (AvgIpc) is 2.70. The van der Waals surface area contributed by atoms with E-state index in [0.29, 0.717) is 5.02 Å². The molecule has 1 heterocycles. The lowest BCUT2D eigenvalue weighted by Crippen LogP contribution is -2.11. The lowest BCUT2D eigenvalue weighted by molar-refractivity contribution is 0.206. The molecule has 6 heteroatoms. The standard InChI is InChI=1S/C13H13Br2ClN2O/c1-2-5-18-12(11(15)7-17-18)13(19)9-4-3-8(16)6-10(9)14/h3-4,6-7,13,19H,2,5H2,1H3. The fourth-order valence-electron chi connectivity index (χ4n) is 1.90. The van der Waals surface area contributed by atoms with E-state index >= 15 is 0 Å². The largest absolute Gasteiger partial charge is 0.382 e. The number of aliphatic hydroxyl groups excluding tert-OH is 1. The normalized spacial score (nSPS) is 12.7. The molecule has 0 aliphatic carbocycles. The maximum Gasteiger partial charge on any atom is 0.123 e. The van der Waals surface area contributed by atoms with E-state index in [-0.39, 0.29) is 0 Å². The summed E-state index contributed by atoms with van der Waals surface area (Å²) in [4.78, 5) is 0. The van der Waals surface area contributed by atoms with Crippen LogP contribution in [0.25, 0.3) is 0 Å². The van der Waals surface area contributed by atoms with Gasteiger partial charge in [0.05, 0.1) is 16.4 Å². The number of hydrogen-bond donors (Lipinski definition) is 1. The van der Waals surface area contributed by atoms with Crippen molar-refractivity contribution in [3.05, 3.63) is 49.6 Å². The number of benzene rings is 1. The van der Waals surface area contributed by atoms with Crippen molar-refractivity contribution in [1.29, 1.82) is 0 Å². The first-order valence-corrected chi connectivity index (χ1v) is 7.85. The Labute approximate surface area is 133 Å². The van der Waals surface area contributed by atoms with Crippen LogP contribution in [-0.2, 0) is 6.54 Å². The second-order valence-electron chi connectivity index (χ2n) is 4.17. The lowest BCUT2D eigenvalue weighted by Gasteiger charge is -2.16. The SMILES string of the molecule is CCCn1ncc(Br)c1C(O)c1ccc(Cl)cc1Br. The van der Waals surface area contributed by atoms with Gasteiger partial charge in [0.15, 0.2) is 0 Å². The summed E-state index contributed by atoms with van der Waals surface area (Å²) in [5.74, 6) is 0. The van der Waals surface area contributed by atoms with Crippen LogP contribution in [0, 0.1) is 0 Å². The van der Waals surface area contributed by atoms with Crippen molar-refractivity contribution in [2.45, 2.75) is 26.0 Å². The molecule has 1 aromatic heterocycles. The minimum atomic E-state index is -0.755. The van der Waals surface area contributed by atoms with Gasteiger partial charge >= 0.3 is 0 Å². The molecule has 0 saturated carbocycles. The molecule has 0 aliphatic rings. The van der Waals surface area contributed by atoms with Gasteiger partial charge in [-0.15, -0.1) is 0 Å². The Bertz CT molecular complexity index is 586. The Morgan fingerprint density at radius 1 is 1.37 bits per heavy atom. The van der Waals surface area contributed by atoms with Crippen molar-refractivity contribution < 1.29 is 5.11 Å². The molecular weight excluding hydrogens is 395 g/mol. The molecule has 1 unspecified atom stereocenters. The summed E-state index contributed by atoms with van der Waals surface area (Å²) in [6.07, 6.45) is 1.91. The highest BCUT2D eigenvalue weighted by Gasteiger charge is 2.21. The minimum absolute atomic E-state index is 0.629. The third-order valence-corrected chi connectivity index (χ3v) is 4.32. The molecule has 0 saturated heterocycles. The monoisotopic (exact) mass is 406 g/mol. The first kappa shape index (κ1) is 15.0. The van der Waals surface area contributed by atoms with Gasteiger partial charge in [-0.2, -0.15) is 5.10 Å². The Kier molecular flexibility index (Phi) is 5.06. The first-order chi connectivity index (χ1) is 9.04. The number of aliphatic hydroxyl groups is 1. The molecule has 1 N–H and O–H groups in total. The molecule has 1 aromatic carbocycles. The lowest BCUT2D eigenvalue weighted by atomic mass is 10.1. The van der Waals surface area contributed by atoms with E-state index in [1.807, 2.05) is 10.7 Å². The van der Waals surface area contributed by atoms with Gasteiger partial charge in [0.25, 0.3) is 0 Å². The molecule has 102 valence electrons. The number of aromatic nitrogens is 2. The zero-order chi connectivity index (χ0) is 14.0. The van der Waals surface area contributed by atoms with Crippen LogP contribution in [0.1, 0.15) is 30.7 Å². The van der Waals surface area contributed by atoms with Gasteiger partial charge in [-0.3, -0.25) is 4.68 Å². The molecule has 0 bridgehead atoms. The molecule has 0 radical (unpaired) electrons. The number of halogens is 3. The van der Waals surface area contributed by atoms with Crippen LogP contribution in [0.3, 0.4) is 0 Å². The minimum Gasteiger partial charge on any atom is -0.382 e. The maximum absolute atomic E-state index is 10.6. The van der Waals surface area contributed by atoms with Crippen molar-refractivity contribution >= 4 is 43.5 Å². The van der Waals surface area contributed by atoms with Crippen LogP contribution in [0.15, 0.2) is 33.3 Å². The van der Waals surface area contributed by atoms with Gasteiger partial charge in [0.2, 0.25) is 0 Å². The summed E-state index contributed by atoms with van der Waals surface area (Å²) in [7, 11) is 0. The topological polar surface area (TPSA) is 38.0 Å². The van der Waals surface area contributed by atoms with Crippen LogP contribution in [-0.4, -0.2) is 14.9 Å². The van der Waals surface area contributed by atoms with Crippen molar-refractivity contribution in [2.24, 2.45) is 0 Å². The molecule has 0 amide bonds. The van der Waals surface area contributed by atoms with Crippen molar-refractivity contribution in [1.82, 2.24) is 9.78 Å². The first-order valence-electron chi connectivity index (χ1n) is 5.88. The summed E-state index contributed by atoms with van der Waals surface area (Å²) in [5.41, 5.74) is 1.52. The van der Waals surface area contributed by atoms with E-state index < -0.39 is 6.10 Å². The van der Waals surface area contributed by atoms with Crippen molar-refractivity contribution in [2.75, 3.05) is 0 Å². The van der Waals surface area contributed by atoms with Gasteiger partial charge in [0.1, 0.15) is 6.10 Å². The van der Waals surface area contributed by atoms with E-state index in [1.165, 1.54) is 0 Å². The maximum atomic E-state index is 10.6. The van der Waals surface area contributed by atoms with E-state index in [1.54, 1.807) is 18.3 Å². The van der Waals surface area contributed by atoms with Gasteiger partial charge < -0.3 is 5.11 Å². The predicted octanol–water partition coefficient (Wildman–Crippen LogP) is 4.55. The summed E-state index contributed by atoms with van der Waals surface area (Å²) >= 11 is 12.8. The van der Waals surface area contributed by atoms with E-state index in [0.717, 1.165) is 33.2 Å². The van der Waals surface area contributed by atoms with Crippen LogP contribution in [0.4, 0.5) is 0 Å². The zero-order valence-corrected chi connectivity index (χ0v) is 14.2.